The summed E-state index contributed by atoms with van der Waals surface area (Å²) in [5, 5.41) is 1.41. The molecule has 1 aromatic rings. The fourth-order valence-corrected chi connectivity index (χ4v) is 3.42. The molecule has 96 valence electrons. The number of allylic oxidation sites excluding steroid dienone is 1. The van der Waals surface area contributed by atoms with Gasteiger partial charge in [0, 0.05) is 0 Å². The van der Waals surface area contributed by atoms with Crippen LogP contribution in [-0.2, 0) is 11.2 Å². The summed E-state index contributed by atoms with van der Waals surface area (Å²) in [6.45, 7) is 10.7. The van der Waals surface area contributed by atoms with Crippen molar-refractivity contribution >= 4 is 19.2 Å². The second kappa shape index (κ2) is 4.73. The van der Waals surface area contributed by atoms with Gasteiger partial charge in [0.15, 0.2) is 0 Å². The fourth-order valence-electron chi connectivity index (χ4n) is 2.23. The molecule has 0 radical (unpaired) electrons. The maximum absolute atomic E-state index is 11.8. The Hall–Kier alpha value is -1.35. The zero-order valence-corrected chi connectivity index (χ0v) is 12.3. The number of hydrogen-bond acceptors (Lipinski definition) is 2. The van der Waals surface area contributed by atoms with Gasteiger partial charge in [0.25, 0.3) is 0 Å². The Balaban J connectivity index is 2.33. The quantitative estimate of drug-likeness (QED) is 0.361. The van der Waals surface area contributed by atoms with E-state index in [1.807, 2.05) is 6.07 Å². The van der Waals surface area contributed by atoms with Crippen LogP contribution in [0.5, 0.6) is 5.75 Å². The number of fused-ring (bicyclic) bond motifs is 1. The van der Waals surface area contributed by atoms with Gasteiger partial charge in [-0.05, 0) is 24.5 Å². The maximum Gasteiger partial charge on any atom is 0.314 e. The highest BCUT2D eigenvalue weighted by molar-refractivity contribution is 6.88. The van der Waals surface area contributed by atoms with E-state index in [-0.39, 0.29) is 11.9 Å². The molecular weight excluding hydrogens is 240 g/mol. The number of rotatable bonds is 3. The van der Waals surface area contributed by atoms with Crippen LogP contribution in [0.15, 0.2) is 30.9 Å². The van der Waals surface area contributed by atoms with Crippen molar-refractivity contribution in [2.24, 2.45) is 5.92 Å². The summed E-state index contributed by atoms with van der Waals surface area (Å²) in [6.07, 6.45) is 3.26. The monoisotopic (exact) mass is 260 g/mol. The molecule has 0 saturated carbocycles. The Morgan fingerprint density at radius 3 is 2.78 bits per heavy atom. The van der Waals surface area contributed by atoms with Crippen molar-refractivity contribution in [3.63, 3.8) is 0 Å². The van der Waals surface area contributed by atoms with Crippen molar-refractivity contribution in [2.75, 3.05) is 0 Å². The second-order valence-electron chi connectivity index (χ2n) is 5.92. The lowest BCUT2D eigenvalue weighted by molar-refractivity contribution is -0.140. The van der Waals surface area contributed by atoms with E-state index < -0.39 is 8.07 Å². The lowest BCUT2D eigenvalue weighted by atomic mass is 9.93. The normalized spacial score (nSPS) is 19.1. The van der Waals surface area contributed by atoms with Crippen LogP contribution in [0.1, 0.15) is 12.0 Å². The number of ether oxygens (including phenoxy) is 1. The topological polar surface area (TPSA) is 26.3 Å². The molecule has 1 aliphatic rings. The number of carbonyl (C=O) groups is 1. The summed E-state index contributed by atoms with van der Waals surface area (Å²) in [7, 11) is -1.31. The minimum absolute atomic E-state index is 0.0631. The van der Waals surface area contributed by atoms with Crippen molar-refractivity contribution in [1.82, 2.24) is 0 Å². The smallest absolute Gasteiger partial charge is 0.314 e. The number of benzene rings is 1. The maximum atomic E-state index is 11.8. The van der Waals surface area contributed by atoms with Crippen molar-refractivity contribution in [1.29, 1.82) is 0 Å². The van der Waals surface area contributed by atoms with Crippen molar-refractivity contribution in [2.45, 2.75) is 32.5 Å². The molecule has 1 atom stereocenters. The van der Waals surface area contributed by atoms with E-state index in [9.17, 15) is 4.79 Å². The molecular formula is C15H20O2Si. The minimum atomic E-state index is -1.31. The van der Waals surface area contributed by atoms with Crippen LogP contribution in [0.25, 0.3) is 0 Å². The standard InChI is InChI=1S/C15H20O2Si/c1-5-6-11-9-12-10-13(18(2,3)4)7-8-14(12)17-15(11)16/h5,7-8,10-11H,1,6,9H2,2-4H3. The van der Waals surface area contributed by atoms with E-state index in [0.29, 0.717) is 6.42 Å². The zero-order valence-electron chi connectivity index (χ0n) is 11.3. The van der Waals surface area contributed by atoms with E-state index >= 15 is 0 Å². The van der Waals surface area contributed by atoms with Crippen molar-refractivity contribution in [3.8, 4) is 5.75 Å². The molecule has 1 aromatic carbocycles. The van der Waals surface area contributed by atoms with Crippen molar-refractivity contribution < 1.29 is 9.53 Å². The SMILES string of the molecule is C=CCC1Cc2cc([Si](C)(C)C)ccc2OC1=O. The van der Waals surface area contributed by atoms with Gasteiger partial charge in [-0.15, -0.1) is 6.58 Å². The third-order valence-corrected chi connectivity index (χ3v) is 5.43. The van der Waals surface area contributed by atoms with Gasteiger partial charge in [-0.1, -0.05) is 43.0 Å². The highest BCUT2D eigenvalue weighted by Crippen LogP contribution is 2.29. The molecule has 1 aliphatic heterocycles. The predicted octanol–water partition coefficient (Wildman–Crippen LogP) is 2.89. The summed E-state index contributed by atoms with van der Waals surface area (Å²) in [6, 6.07) is 6.28. The Labute approximate surface area is 110 Å². The average molecular weight is 260 g/mol. The van der Waals surface area contributed by atoms with Gasteiger partial charge in [0.2, 0.25) is 0 Å². The summed E-state index contributed by atoms with van der Waals surface area (Å²) in [5.41, 5.74) is 1.17. The Bertz CT molecular complexity index is 486. The van der Waals surface area contributed by atoms with Gasteiger partial charge in [-0.25, -0.2) is 0 Å². The molecule has 0 amide bonds. The highest BCUT2D eigenvalue weighted by atomic mass is 28.3. The number of esters is 1. The third kappa shape index (κ3) is 2.56. The summed E-state index contributed by atoms with van der Waals surface area (Å²) < 4.78 is 5.39. The zero-order chi connectivity index (χ0) is 13.3. The van der Waals surface area contributed by atoms with Gasteiger partial charge in [0.05, 0.1) is 14.0 Å². The van der Waals surface area contributed by atoms with Gasteiger partial charge < -0.3 is 4.74 Å². The first-order valence-corrected chi connectivity index (χ1v) is 9.88. The van der Waals surface area contributed by atoms with Gasteiger partial charge in [-0.2, -0.15) is 0 Å². The first-order valence-electron chi connectivity index (χ1n) is 6.38. The molecule has 18 heavy (non-hydrogen) atoms. The van der Waals surface area contributed by atoms with Crippen LogP contribution in [0.4, 0.5) is 0 Å². The minimum Gasteiger partial charge on any atom is -0.426 e. The fraction of sp³-hybridized carbons (Fsp3) is 0.400. The molecule has 3 heteroatoms. The van der Waals surface area contributed by atoms with Crippen LogP contribution in [0.2, 0.25) is 19.6 Å². The first-order chi connectivity index (χ1) is 8.41. The van der Waals surface area contributed by atoms with Gasteiger partial charge in [-0.3, -0.25) is 4.79 Å². The largest absolute Gasteiger partial charge is 0.426 e. The second-order valence-corrected chi connectivity index (χ2v) is 11.0. The molecule has 0 bridgehead atoms. The van der Waals surface area contributed by atoms with Crippen LogP contribution in [0, 0.1) is 5.92 Å². The number of hydrogen-bond donors (Lipinski definition) is 0. The molecule has 2 nitrogen and oxygen atoms in total. The third-order valence-electron chi connectivity index (χ3n) is 3.39. The molecule has 0 aromatic heterocycles. The summed E-state index contributed by atoms with van der Waals surface area (Å²) >= 11 is 0. The Morgan fingerprint density at radius 1 is 1.44 bits per heavy atom. The predicted molar refractivity (Wildman–Crippen MR) is 77.1 cm³/mol. The van der Waals surface area contributed by atoms with E-state index in [0.717, 1.165) is 12.2 Å². The first kappa shape index (κ1) is 13.1. The lowest BCUT2D eigenvalue weighted by Crippen LogP contribution is -2.38. The Kier molecular flexibility index (Phi) is 3.44. The molecule has 0 spiro atoms. The van der Waals surface area contributed by atoms with Crippen LogP contribution < -0.4 is 9.92 Å². The van der Waals surface area contributed by atoms with E-state index in [1.54, 1.807) is 6.08 Å². The number of carbonyl (C=O) groups excluding carboxylic acids is 1. The van der Waals surface area contributed by atoms with Crippen LogP contribution >= 0.6 is 0 Å². The summed E-state index contributed by atoms with van der Waals surface area (Å²) in [5.74, 6) is 0.553. The van der Waals surface area contributed by atoms with E-state index in [1.165, 1.54) is 10.8 Å². The van der Waals surface area contributed by atoms with Crippen molar-refractivity contribution in [3.05, 3.63) is 36.4 Å². The van der Waals surface area contributed by atoms with Crippen LogP contribution in [-0.4, -0.2) is 14.0 Å². The van der Waals surface area contributed by atoms with Crippen LogP contribution in [0.3, 0.4) is 0 Å². The molecule has 1 unspecified atom stereocenters. The summed E-state index contributed by atoms with van der Waals surface area (Å²) in [4.78, 5) is 11.8. The molecule has 2 rings (SSSR count). The molecule has 0 saturated heterocycles. The average Bonchev–Trinajstić information content (AvgIpc) is 2.28. The van der Waals surface area contributed by atoms with Gasteiger partial charge >= 0.3 is 5.97 Å². The molecule has 1 heterocycles. The molecule has 0 aliphatic carbocycles. The molecule has 0 fully saturated rings. The van der Waals surface area contributed by atoms with E-state index in [2.05, 4.69) is 38.4 Å². The van der Waals surface area contributed by atoms with Gasteiger partial charge in [0.1, 0.15) is 5.75 Å². The lowest BCUT2D eigenvalue weighted by Gasteiger charge is -2.25. The highest BCUT2D eigenvalue weighted by Gasteiger charge is 2.28. The molecule has 0 N–H and O–H groups in total. The Morgan fingerprint density at radius 2 is 2.17 bits per heavy atom. The van der Waals surface area contributed by atoms with E-state index in [4.69, 9.17) is 4.74 Å².